The second-order valence-electron chi connectivity index (χ2n) is 9.48. The minimum absolute atomic E-state index is 0.261. The van der Waals surface area contributed by atoms with E-state index >= 15 is 0 Å². The Kier molecular flexibility index (Phi) is 6.67. The van der Waals surface area contributed by atoms with E-state index in [0.717, 1.165) is 13.0 Å². The van der Waals surface area contributed by atoms with Crippen LogP contribution in [-0.4, -0.2) is 51.8 Å². The van der Waals surface area contributed by atoms with Gasteiger partial charge >= 0.3 is 18.3 Å². The highest BCUT2D eigenvalue weighted by molar-refractivity contribution is 6.09. The Labute approximate surface area is 184 Å². The Balaban J connectivity index is 2.65. The molecule has 1 aliphatic heterocycles. The normalized spacial score (nSPS) is 20.9. The van der Waals surface area contributed by atoms with Crippen LogP contribution in [0.2, 0.25) is 0 Å². The molecule has 2 rings (SSSR count). The van der Waals surface area contributed by atoms with Crippen LogP contribution in [0, 0.1) is 12.7 Å². The molecule has 11 heteroatoms. The van der Waals surface area contributed by atoms with Crippen molar-refractivity contribution in [3.63, 3.8) is 0 Å². The lowest BCUT2D eigenvalue weighted by atomic mass is 9.94. The van der Waals surface area contributed by atoms with E-state index in [1.165, 1.54) is 13.0 Å². The number of hydrogen-bond donors (Lipinski definition) is 0. The Hall–Kier alpha value is -2.69. The molecule has 1 aromatic rings. The number of rotatable bonds is 1. The molecule has 32 heavy (non-hydrogen) atoms. The molecule has 0 aromatic carbocycles. The number of amidine groups is 1. The molecule has 2 heterocycles. The zero-order chi connectivity index (χ0) is 24.7. The average Bonchev–Trinajstić information content (AvgIpc) is 2.57. The van der Waals surface area contributed by atoms with E-state index in [1.54, 1.807) is 41.5 Å². The number of aliphatic imine (C=N–C) groups is 1. The first-order valence-electron chi connectivity index (χ1n) is 9.86. The number of amides is 2. The predicted molar refractivity (Wildman–Crippen MR) is 109 cm³/mol. The Morgan fingerprint density at radius 1 is 1.06 bits per heavy atom. The SMILES string of the molecule is Cc1ccc(F)c([C@@]2(C)N=C(N(C(=O)OC(C)(C)C)C(=O)OC(C)(C)C)COC2(F)F)n1. The van der Waals surface area contributed by atoms with Gasteiger partial charge in [-0.1, -0.05) is 0 Å². The second-order valence-corrected chi connectivity index (χ2v) is 9.48. The molecule has 1 aliphatic rings. The number of alkyl halides is 2. The molecule has 0 N–H and O–H groups in total. The van der Waals surface area contributed by atoms with Gasteiger partial charge in [-0.15, -0.1) is 0 Å². The Morgan fingerprint density at radius 2 is 1.56 bits per heavy atom. The Bertz CT molecular complexity index is 910. The molecule has 0 spiro atoms. The van der Waals surface area contributed by atoms with Gasteiger partial charge in [0.15, 0.2) is 5.54 Å². The number of pyridine rings is 1. The second kappa shape index (κ2) is 8.34. The van der Waals surface area contributed by atoms with Gasteiger partial charge < -0.3 is 14.2 Å². The monoisotopic (exact) mass is 459 g/mol. The Morgan fingerprint density at radius 3 is 2.03 bits per heavy atom. The molecule has 8 nitrogen and oxygen atoms in total. The molecule has 0 fully saturated rings. The first-order valence-corrected chi connectivity index (χ1v) is 9.86. The number of aromatic nitrogens is 1. The maximum absolute atomic E-state index is 14.8. The molecule has 2 amide bonds. The fourth-order valence-electron chi connectivity index (χ4n) is 2.74. The van der Waals surface area contributed by atoms with Gasteiger partial charge in [-0.05, 0) is 67.5 Å². The molecule has 0 unspecified atom stereocenters. The maximum Gasteiger partial charge on any atom is 0.425 e. The zero-order valence-electron chi connectivity index (χ0n) is 19.4. The van der Waals surface area contributed by atoms with Crippen LogP contribution in [0.3, 0.4) is 0 Å². The van der Waals surface area contributed by atoms with Crippen LogP contribution in [0.4, 0.5) is 22.8 Å². The summed E-state index contributed by atoms with van der Waals surface area (Å²) in [7, 11) is 0. The largest absolute Gasteiger partial charge is 0.443 e. The summed E-state index contributed by atoms with van der Waals surface area (Å²) < 4.78 is 59.3. The van der Waals surface area contributed by atoms with Crippen molar-refractivity contribution in [1.82, 2.24) is 9.88 Å². The minimum atomic E-state index is -3.99. The smallest absolute Gasteiger partial charge is 0.425 e. The number of carbonyl (C=O) groups excluding carboxylic acids is 2. The summed E-state index contributed by atoms with van der Waals surface area (Å²) in [4.78, 5) is 33.8. The van der Waals surface area contributed by atoms with Crippen molar-refractivity contribution < 1.29 is 37.0 Å². The lowest BCUT2D eigenvalue weighted by Crippen LogP contribution is -2.56. The molecule has 178 valence electrons. The van der Waals surface area contributed by atoms with Gasteiger partial charge in [0.05, 0.1) is 0 Å². The summed E-state index contributed by atoms with van der Waals surface area (Å²) in [5.74, 6) is -1.59. The van der Waals surface area contributed by atoms with Crippen molar-refractivity contribution in [2.24, 2.45) is 4.99 Å². The summed E-state index contributed by atoms with van der Waals surface area (Å²) in [6, 6.07) is 2.28. The van der Waals surface area contributed by atoms with E-state index in [0.29, 0.717) is 4.90 Å². The third-order valence-corrected chi connectivity index (χ3v) is 4.16. The van der Waals surface area contributed by atoms with Crippen LogP contribution in [-0.2, 0) is 19.7 Å². The number of aryl methyl sites for hydroxylation is 1. The fraction of sp³-hybridized carbons (Fsp3) is 0.619. The third-order valence-electron chi connectivity index (χ3n) is 4.16. The molecule has 0 saturated heterocycles. The number of carbonyl (C=O) groups is 2. The van der Waals surface area contributed by atoms with Gasteiger partial charge in [0.2, 0.25) is 0 Å². The standard InChI is InChI=1S/C21H28F3N3O5/c1-12-9-10-13(22)15(25-12)20(8)21(23,24)30-11-14(26-20)27(16(28)31-18(2,3)4)17(29)32-19(5,6)7/h9-10H,11H2,1-8H3/t20-/m1/s1. The van der Waals surface area contributed by atoms with Gasteiger partial charge in [0.1, 0.15) is 35.2 Å². The summed E-state index contributed by atoms with van der Waals surface area (Å²) in [6.45, 7) is 10.8. The zero-order valence-corrected chi connectivity index (χ0v) is 19.4. The van der Waals surface area contributed by atoms with Crippen molar-refractivity contribution in [2.45, 2.75) is 78.2 Å². The van der Waals surface area contributed by atoms with Crippen molar-refractivity contribution in [2.75, 3.05) is 6.61 Å². The lowest BCUT2D eigenvalue weighted by Gasteiger charge is -2.39. The van der Waals surface area contributed by atoms with Gasteiger partial charge in [-0.2, -0.15) is 13.7 Å². The quantitative estimate of drug-likeness (QED) is 0.591. The molecule has 0 saturated carbocycles. The van der Waals surface area contributed by atoms with E-state index in [1.807, 2.05) is 0 Å². The first kappa shape index (κ1) is 25.6. The average molecular weight is 459 g/mol. The summed E-state index contributed by atoms with van der Waals surface area (Å²) >= 11 is 0. The summed E-state index contributed by atoms with van der Waals surface area (Å²) in [5.41, 5.74) is -5.17. The summed E-state index contributed by atoms with van der Waals surface area (Å²) in [6.07, 6.45) is -6.41. The minimum Gasteiger partial charge on any atom is -0.443 e. The molecule has 1 atom stereocenters. The predicted octanol–water partition coefficient (Wildman–Crippen LogP) is 4.94. The maximum atomic E-state index is 14.8. The van der Waals surface area contributed by atoms with Gasteiger partial charge in [0.25, 0.3) is 0 Å². The molecular weight excluding hydrogens is 431 g/mol. The molecule has 0 bridgehead atoms. The van der Waals surface area contributed by atoms with Crippen LogP contribution in [0.15, 0.2) is 17.1 Å². The molecule has 0 radical (unpaired) electrons. The number of ether oxygens (including phenoxy) is 3. The number of halogens is 3. The van der Waals surface area contributed by atoms with E-state index in [9.17, 15) is 22.8 Å². The van der Waals surface area contributed by atoms with Crippen LogP contribution < -0.4 is 0 Å². The third kappa shape index (κ3) is 5.56. The van der Waals surface area contributed by atoms with Gasteiger partial charge in [-0.25, -0.2) is 19.0 Å². The number of imide groups is 1. The van der Waals surface area contributed by atoms with Crippen molar-refractivity contribution in [3.05, 3.63) is 29.3 Å². The lowest BCUT2D eigenvalue weighted by molar-refractivity contribution is -0.278. The summed E-state index contributed by atoms with van der Waals surface area (Å²) in [5, 5.41) is 0. The first-order chi connectivity index (χ1) is 14.4. The van der Waals surface area contributed by atoms with Crippen LogP contribution in [0.5, 0.6) is 0 Å². The highest BCUT2D eigenvalue weighted by Crippen LogP contribution is 2.44. The van der Waals surface area contributed by atoms with E-state index in [4.69, 9.17) is 9.47 Å². The molecule has 0 aliphatic carbocycles. The van der Waals surface area contributed by atoms with Crippen molar-refractivity contribution >= 4 is 18.0 Å². The van der Waals surface area contributed by atoms with Crippen LogP contribution >= 0.6 is 0 Å². The topological polar surface area (TPSA) is 90.3 Å². The number of hydrogen-bond acceptors (Lipinski definition) is 7. The van der Waals surface area contributed by atoms with Crippen molar-refractivity contribution in [1.29, 1.82) is 0 Å². The van der Waals surface area contributed by atoms with E-state index in [2.05, 4.69) is 14.7 Å². The van der Waals surface area contributed by atoms with Crippen LogP contribution in [0.25, 0.3) is 0 Å². The van der Waals surface area contributed by atoms with Gasteiger partial charge in [0, 0.05) is 5.69 Å². The van der Waals surface area contributed by atoms with E-state index in [-0.39, 0.29) is 5.69 Å². The fourth-order valence-corrected chi connectivity index (χ4v) is 2.74. The van der Waals surface area contributed by atoms with Crippen LogP contribution in [0.1, 0.15) is 59.9 Å². The van der Waals surface area contributed by atoms with Gasteiger partial charge in [-0.3, -0.25) is 4.98 Å². The molecular formula is C21H28F3N3O5. The molecule has 1 aromatic heterocycles. The van der Waals surface area contributed by atoms with Crippen molar-refractivity contribution in [3.8, 4) is 0 Å². The highest BCUT2D eigenvalue weighted by atomic mass is 19.3. The number of nitrogens with zero attached hydrogens (tertiary/aromatic N) is 3. The highest BCUT2D eigenvalue weighted by Gasteiger charge is 2.59. The van der Waals surface area contributed by atoms with E-state index < -0.39 is 59.0 Å².